The molecule has 1 aromatic heterocycles. The van der Waals surface area contributed by atoms with Crippen LogP contribution in [0, 0.1) is 5.82 Å². The number of H-pyrrole nitrogens is 1. The molecule has 0 saturated carbocycles. The highest BCUT2D eigenvalue weighted by Crippen LogP contribution is 2.50. The van der Waals surface area contributed by atoms with Crippen LogP contribution in [-0.4, -0.2) is 68.4 Å². The molecule has 3 aliphatic heterocycles. The van der Waals surface area contributed by atoms with Crippen molar-refractivity contribution in [2.75, 3.05) is 26.2 Å². The van der Waals surface area contributed by atoms with E-state index in [-0.39, 0.29) is 22.7 Å². The summed E-state index contributed by atoms with van der Waals surface area (Å²) in [4.78, 5) is 36.5. The van der Waals surface area contributed by atoms with E-state index in [0.29, 0.717) is 37.9 Å². The third-order valence-corrected chi connectivity index (χ3v) is 8.51. The molecular formula is C27H30ClFN4O3. The van der Waals surface area contributed by atoms with Crippen LogP contribution in [0.1, 0.15) is 56.3 Å². The van der Waals surface area contributed by atoms with Crippen molar-refractivity contribution in [2.24, 2.45) is 0 Å². The second-order valence-corrected chi connectivity index (χ2v) is 11.0. The summed E-state index contributed by atoms with van der Waals surface area (Å²) in [6.45, 7) is 4.82. The van der Waals surface area contributed by atoms with Crippen LogP contribution in [0.15, 0.2) is 35.6 Å². The molecule has 2 atom stereocenters. The number of carbonyl (C=O) groups is 2. The average Bonchev–Trinajstić information content (AvgIpc) is 3.28. The molecule has 6 rings (SSSR count). The Hall–Kier alpha value is -2.84. The predicted octanol–water partition coefficient (Wildman–Crippen LogP) is 5.23. The fourth-order valence-corrected chi connectivity index (χ4v) is 6.54. The van der Waals surface area contributed by atoms with Crippen LogP contribution in [0.25, 0.3) is 10.9 Å². The maximum Gasteiger partial charge on any atom is 0.328 e. The lowest BCUT2D eigenvalue weighted by molar-refractivity contribution is -0.133. The van der Waals surface area contributed by atoms with E-state index in [0.717, 1.165) is 48.1 Å². The lowest BCUT2D eigenvalue weighted by Gasteiger charge is -2.43. The topological polar surface area (TPSA) is 79.9 Å². The number of aromatic amines is 1. The van der Waals surface area contributed by atoms with Gasteiger partial charge in [-0.2, -0.15) is 0 Å². The van der Waals surface area contributed by atoms with Gasteiger partial charge in [0.1, 0.15) is 17.4 Å². The van der Waals surface area contributed by atoms with Crippen molar-refractivity contribution < 1.29 is 19.1 Å². The molecule has 1 aromatic carbocycles. The minimum atomic E-state index is -1.10. The first kappa shape index (κ1) is 23.6. The number of nitrogens with zero attached hydrogens (tertiary/aromatic N) is 3. The normalized spacial score (nSPS) is 26.8. The Morgan fingerprint density at radius 3 is 2.72 bits per heavy atom. The van der Waals surface area contributed by atoms with Crippen LogP contribution in [-0.2, 0) is 11.2 Å². The third kappa shape index (κ3) is 3.57. The van der Waals surface area contributed by atoms with Gasteiger partial charge in [-0.25, -0.2) is 9.18 Å². The number of likely N-dealkylation sites (tertiary alicyclic amines) is 1. The van der Waals surface area contributed by atoms with Crippen LogP contribution in [0.5, 0.6) is 0 Å². The predicted molar refractivity (Wildman–Crippen MR) is 135 cm³/mol. The van der Waals surface area contributed by atoms with Gasteiger partial charge >= 0.3 is 6.03 Å². The highest BCUT2D eigenvalue weighted by molar-refractivity contribution is 6.31. The van der Waals surface area contributed by atoms with E-state index >= 15 is 0 Å². The number of aliphatic hydroxyl groups is 1. The molecule has 4 heterocycles. The van der Waals surface area contributed by atoms with Gasteiger partial charge in [-0.05, 0) is 68.6 Å². The van der Waals surface area contributed by atoms with Gasteiger partial charge in [0.15, 0.2) is 0 Å². The van der Waals surface area contributed by atoms with Gasteiger partial charge in [-0.15, -0.1) is 0 Å². The Bertz CT molecular complexity index is 1330. The zero-order chi connectivity index (χ0) is 25.2. The molecule has 7 nitrogen and oxygen atoms in total. The molecule has 0 spiro atoms. The molecule has 2 fully saturated rings. The number of benzene rings is 1. The molecular weight excluding hydrogens is 483 g/mol. The summed E-state index contributed by atoms with van der Waals surface area (Å²) in [6.07, 6.45) is 8.67. The zero-order valence-corrected chi connectivity index (χ0v) is 21.1. The van der Waals surface area contributed by atoms with Crippen LogP contribution in [0.3, 0.4) is 0 Å². The van der Waals surface area contributed by atoms with E-state index in [2.05, 4.69) is 9.88 Å². The van der Waals surface area contributed by atoms with Crippen LogP contribution in [0.4, 0.5) is 9.18 Å². The number of fused-ring (bicyclic) bond motifs is 4. The number of halogens is 2. The summed E-state index contributed by atoms with van der Waals surface area (Å²) >= 11 is 6.14. The maximum absolute atomic E-state index is 14.3. The van der Waals surface area contributed by atoms with E-state index in [1.165, 1.54) is 17.4 Å². The number of aliphatic hydroxyl groups excluding tert-OH is 1. The molecule has 36 heavy (non-hydrogen) atoms. The van der Waals surface area contributed by atoms with Crippen molar-refractivity contribution in [1.29, 1.82) is 0 Å². The summed E-state index contributed by atoms with van der Waals surface area (Å²) in [5.74, 6) is -0.504. The molecule has 4 aliphatic rings. The largest absolute Gasteiger partial charge is 0.512 e. The Kier molecular flexibility index (Phi) is 5.64. The summed E-state index contributed by atoms with van der Waals surface area (Å²) in [5.41, 5.74) is 1.81. The van der Waals surface area contributed by atoms with Gasteiger partial charge in [0, 0.05) is 42.5 Å². The molecule has 0 bridgehead atoms. The van der Waals surface area contributed by atoms with Crippen molar-refractivity contribution in [1.82, 2.24) is 19.7 Å². The average molecular weight is 513 g/mol. The summed E-state index contributed by atoms with van der Waals surface area (Å²) in [7, 11) is 0. The molecule has 9 heteroatoms. The second-order valence-electron chi connectivity index (χ2n) is 10.6. The Labute approximate surface area is 214 Å². The van der Waals surface area contributed by atoms with Crippen molar-refractivity contribution >= 4 is 34.4 Å². The minimum absolute atomic E-state index is 0.0137. The molecule has 1 aliphatic carbocycles. The standard InChI is InChI=1S/C27H30ClFN4O3/c1-27-15-19-18-13-20(28)21(29)14-22(18)30-23(19)24(16-6-5-7-17(34)12-16)33(27)26(36)32(25(27)35)11-10-31-8-3-2-4-9-31/h6,12-14,24,30,34H,2-5,7-11,15H2,1H3/t24-,27+/m1/s1. The fraction of sp³-hybridized carbons (Fsp3) is 0.481. The van der Waals surface area contributed by atoms with Crippen molar-refractivity contribution in [3.8, 4) is 0 Å². The number of hydrogen-bond acceptors (Lipinski definition) is 4. The highest BCUT2D eigenvalue weighted by Gasteiger charge is 2.60. The Morgan fingerprint density at radius 1 is 1.19 bits per heavy atom. The number of allylic oxidation sites excluding steroid dienone is 2. The maximum atomic E-state index is 14.3. The zero-order valence-electron chi connectivity index (χ0n) is 20.3. The van der Waals surface area contributed by atoms with Gasteiger partial charge in [0.25, 0.3) is 5.91 Å². The van der Waals surface area contributed by atoms with Gasteiger partial charge in [-0.1, -0.05) is 24.1 Å². The summed E-state index contributed by atoms with van der Waals surface area (Å²) in [5, 5.41) is 11.1. The number of imide groups is 1. The highest BCUT2D eigenvalue weighted by atomic mass is 35.5. The summed E-state index contributed by atoms with van der Waals surface area (Å²) < 4.78 is 14.3. The number of aromatic nitrogens is 1. The van der Waals surface area contributed by atoms with Gasteiger partial charge in [0.2, 0.25) is 0 Å². The van der Waals surface area contributed by atoms with E-state index in [1.54, 1.807) is 17.0 Å². The number of nitrogens with one attached hydrogen (secondary N) is 1. The van der Waals surface area contributed by atoms with Gasteiger partial charge in [-0.3, -0.25) is 14.6 Å². The number of amides is 3. The van der Waals surface area contributed by atoms with Crippen molar-refractivity contribution in [3.63, 3.8) is 0 Å². The Morgan fingerprint density at radius 2 is 1.97 bits per heavy atom. The van der Waals surface area contributed by atoms with E-state index in [9.17, 15) is 19.1 Å². The van der Waals surface area contributed by atoms with Gasteiger partial charge < -0.3 is 15.0 Å². The third-order valence-electron chi connectivity index (χ3n) is 8.23. The smallest absolute Gasteiger partial charge is 0.328 e. The van der Waals surface area contributed by atoms with Crippen LogP contribution >= 0.6 is 11.6 Å². The minimum Gasteiger partial charge on any atom is -0.512 e. The second kappa shape index (κ2) is 8.63. The number of carbonyl (C=O) groups excluding carboxylic acids is 2. The van der Waals surface area contributed by atoms with Crippen LogP contribution < -0.4 is 0 Å². The quantitative estimate of drug-likeness (QED) is 0.550. The Balaban J connectivity index is 1.44. The molecule has 0 radical (unpaired) electrons. The number of rotatable bonds is 4. The SMILES string of the molecule is C[C@@]12Cc3c([nH]c4cc(F)c(Cl)cc34)[C@@H](C3=CCCC(O)=C3)N1C(=O)N(CCN1CCCCC1)C2=O. The first-order valence-electron chi connectivity index (χ1n) is 12.7. The molecule has 2 N–H and O–H groups in total. The monoisotopic (exact) mass is 512 g/mol. The summed E-state index contributed by atoms with van der Waals surface area (Å²) in [6, 6.07) is 2.02. The van der Waals surface area contributed by atoms with Crippen molar-refractivity contribution in [3.05, 3.63) is 57.7 Å². The number of hydrogen-bond donors (Lipinski definition) is 2. The van der Waals surface area contributed by atoms with Crippen molar-refractivity contribution in [2.45, 2.75) is 57.0 Å². The number of piperidine rings is 1. The lowest BCUT2D eigenvalue weighted by atomic mass is 9.80. The first-order chi connectivity index (χ1) is 17.3. The van der Waals surface area contributed by atoms with E-state index in [1.807, 2.05) is 13.0 Å². The lowest BCUT2D eigenvalue weighted by Crippen LogP contribution is -2.53. The molecule has 2 saturated heterocycles. The molecule has 0 unspecified atom stereocenters. The van der Waals surface area contributed by atoms with Crippen LogP contribution in [0.2, 0.25) is 5.02 Å². The number of urea groups is 1. The van der Waals surface area contributed by atoms with E-state index < -0.39 is 17.4 Å². The van der Waals surface area contributed by atoms with E-state index in [4.69, 9.17) is 11.6 Å². The molecule has 2 aromatic rings. The first-order valence-corrected chi connectivity index (χ1v) is 13.1. The fourth-order valence-electron chi connectivity index (χ4n) is 6.38. The van der Waals surface area contributed by atoms with Gasteiger partial charge in [0.05, 0.1) is 10.8 Å². The molecule has 190 valence electrons. The molecule has 3 amide bonds.